The summed E-state index contributed by atoms with van der Waals surface area (Å²) in [4.78, 5) is 0. The van der Waals surface area contributed by atoms with Crippen molar-refractivity contribution in [2.75, 3.05) is 49.2 Å². The molecule has 0 unspecified atom stereocenters. The Morgan fingerprint density at radius 1 is 0.815 bits per heavy atom. The Bertz CT molecular complexity index is 685. The van der Waals surface area contributed by atoms with Crippen molar-refractivity contribution in [1.29, 1.82) is 0 Å². The molecule has 0 aliphatic heterocycles. The first kappa shape index (κ1) is 21.7. The molecule has 27 heavy (non-hydrogen) atoms. The summed E-state index contributed by atoms with van der Waals surface area (Å²) >= 11 is 11.9. The average molecular weight is 432 g/mol. The lowest BCUT2D eigenvalue weighted by molar-refractivity contribution is 0.415. The summed E-state index contributed by atoms with van der Waals surface area (Å²) in [7, 11) is -0.0738. The Balaban J connectivity index is 2.31. The monoisotopic (exact) mass is 431 g/mol. The summed E-state index contributed by atoms with van der Waals surface area (Å²) in [5.41, 5.74) is 1.38. The Hall–Kier alpha value is -1.59. The van der Waals surface area contributed by atoms with E-state index in [1.54, 1.807) is 67.4 Å². The molecule has 2 aromatic rings. The minimum Gasteiger partial charge on any atom is -0.497 e. The lowest BCUT2D eigenvalue weighted by Crippen LogP contribution is -2.31. The highest BCUT2D eigenvalue weighted by Crippen LogP contribution is 2.49. The molecule has 0 aliphatic rings. The van der Waals surface area contributed by atoms with E-state index in [1.165, 1.54) is 0 Å². The highest BCUT2D eigenvalue weighted by Gasteiger charge is 2.30. The maximum Gasteiger partial charge on any atom is 0.330 e. The normalized spacial score (nSPS) is 11.3. The number of benzene rings is 2. The molecule has 0 bridgehead atoms. The molecule has 9 heteroatoms. The minimum atomic E-state index is -3.27. The van der Waals surface area contributed by atoms with Gasteiger partial charge in [0.1, 0.15) is 11.5 Å². The van der Waals surface area contributed by atoms with Crippen LogP contribution in [0.5, 0.6) is 11.5 Å². The van der Waals surface area contributed by atoms with Gasteiger partial charge in [0.05, 0.1) is 14.2 Å². The van der Waals surface area contributed by atoms with E-state index >= 15 is 0 Å². The SMILES string of the molecule is COc1ccc(NP(=O)(Nc2ccc(OC)cc2)N(CCCl)CCCl)cc1. The second kappa shape index (κ2) is 10.7. The molecule has 0 saturated carbocycles. The van der Waals surface area contributed by atoms with Gasteiger partial charge in [-0.05, 0) is 48.5 Å². The van der Waals surface area contributed by atoms with E-state index in [4.69, 9.17) is 32.7 Å². The quantitative estimate of drug-likeness (QED) is 0.380. The van der Waals surface area contributed by atoms with Gasteiger partial charge in [0, 0.05) is 36.2 Å². The molecular weight excluding hydrogens is 408 g/mol. The van der Waals surface area contributed by atoms with Crippen LogP contribution in [0.15, 0.2) is 48.5 Å². The van der Waals surface area contributed by atoms with Crippen molar-refractivity contribution in [2.45, 2.75) is 0 Å². The van der Waals surface area contributed by atoms with Crippen LogP contribution < -0.4 is 19.6 Å². The fourth-order valence-corrected chi connectivity index (χ4v) is 5.18. The van der Waals surface area contributed by atoms with E-state index in [0.717, 1.165) is 11.5 Å². The number of nitrogens with zero attached hydrogens (tertiary/aromatic N) is 1. The largest absolute Gasteiger partial charge is 0.497 e. The lowest BCUT2D eigenvalue weighted by atomic mass is 10.3. The Labute approximate surface area is 170 Å². The highest BCUT2D eigenvalue weighted by molar-refractivity contribution is 7.64. The van der Waals surface area contributed by atoms with E-state index in [2.05, 4.69) is 10.2 Å². The molecule has 2 aromatic carbocycles. The maximum atomic E-state index is 13.9. The molecule has 0 radical (unpaired) electrons. The first-order valence-electron chi connectivity index (χ1n) is 8.36. The Morgan fingerprint density at radius 3 is 1.48 bits per heavy atom. The first-order chi connectivity index (χ1) is 13.0. The molecule has 0 aromatic heterocycles. The number of halogens is 2. The predicted molar refractivity (Wildman–Crippen MR) is 114 cm³/mol. The van der Waals surface area contributed by atoms with Crippen LogP contribution in [0.4, 0.5) is 11.4 Å². The molecule has 2 rings (SSSR count). The summed E-state index contributed by atoms with van der Waals surface area (Å²) in [6, 6.07) is 14.4. The lowest BCUT2D eigenvalue weighted by Gasteiger charge is -2.32. The van der Waals surface area contributed by atoms with E-state index < -0.39 is 7.59 Å². The second-order valence-corrected chi connectivity index (χ2v) is 8.51. The van der Waals surface area contributed by atoms with Gasteiger partial charge < -0.3 is 19.6 Å². The molecule has 0 fully saturated rings. The van der Waals surface area contributed by atoms with Crippen molar-refractivity contribution in [1.82, 2.24) is 4.67 Å². The summed E-state index contributed by atoms with van der Waals surface area (Å²) in [5.74, 6) is 2.10. The number of methoxy groups -OCH3 is 2. The van der Waals surface area contributed by atoms with E-state index in [1.807, 2.05) is 0 Å². The van der Waals surface area contributed by atoms with Gasteiger partial charge >= 0.3 is 7.59 Å². The molecule has 6 nitrogen and oxygen atoms in total. The topological polar surface area (TPSA) is 62.8 Å². The zero-order valence-corrected chi connectivity index (χ0v) is 17.7. The number of hydrogen-bond acceptors (Lipinski definition) is 3. The van der Waals surface area contributed by atoms with Crippen molar-refractivity contribution >= 4 is 42.2 Å². The molecule has 0 atom stereocenters. The van der Waals surface area contributed by atoms with Crippen molar-refractivity contribution < 1.29 is 14.0 Å². The zero-order valence-electron chi connectivity index (χ0n) is 15.3. The molecule has 148 valence electrons. The maximum absolute atomic E-state index is 13.9. The number of nitrogens with one attached hydrogen (secondary N) is 2. The van der Waals surface area contributed by atoms with Crippen molar-refractivity contribution in [3.63, 3.8) is 0 Å². The van der Waals surface area contributed by atoms with Crippen LogP contribution in [-0.4, -0.2) is 43.7 Å². The van der Waals surface area contributed by atoms with Gasteiger partial charge in [0.25, 0.3) is 0 Å². The van der Waals surface area contributed by atoms with Crippen LogP contribution in [0.25, 0.3) is 0 Å². The van der Waals surface area contributed by atoms with E-state index in [-0.39, 0.29) is 0 Å². The van der Waals surface area contributed by atoms with Gasteiger partial charge in [0.2, 0.25) is 0 Å². The summed E-state index contributed by atoms with van der Waals surface area (Å²) in [6.45, 7) is 0.829. The molecule has 0 heterocycles. The third-order valence-corrected chi connectivity index (χ3v) is 6.48. The van der Waals surface area contributed by atoms with E-state index in [0.29, 0.717) is 36.2 Å². The number of ether oxygens (including phenoxy) is 2. The van der Waals surface area contributed by atoms with E-state index in [9.17, 15) is 4.57 Å². The molecule has 0 aliphatic carbocycles. The predicted octanol–water partition coefficient (Wildman–Crippen LogP) is 5.12. The van der Waals surface area contributed by atoms with Crippen LogP contribution >= 0.6 is 30.8 Å². The van der Waals surface area contributed by atoms with Gasteiger partial charge in [0.15, 0.2) is 0 Å². The van der Waals surface area contributed by atoms with Crippen LogP contribution in [0, 0.1) is 0 Å². The number of alkyl halides is 2. The van der Waals surface area contributed by atoms with Gasteiger partial charge in [-0.1, -0.05) is 0 Å². The number of anilines is 2. The number of hydrogen-bond donors (Lipinski definition) is 2. The van der Waals surface area contributed by atoms with Crippen LogP contribution in [0.3, 0.4) is 0 Å². The Morgan fingerprint density at radius 2 is 1.19 bits per heavy atom. The van der Waals surface area contributed by atoms with Gasteiger partial charge in [-0.3, -0.25) is 4.57 Å². The molecule has 0 amide bonds. The molecule has 0 spiro atoms. The van der Waals surface area contributed by atoms with Crippen LogP contribution in [0.1, 0.15) is 0 Å². The average Bonchev–Trinajstić information content (AvgIpc) is 2.69. The fourth-order valence-electron chi connectivity index (χ4n) is 2.44. The van der Waals surface area contributed by atoms with Gasteiger partial charge in [-0.2, -0.15) is 0 Å². The summed E-state index contributed by atoms with van der Waals surface area (Å²) in [6.07, 6.45) is 0. The first-order valence-corrected chi connectivity index (χ1v) is 11.1. The third kappa shape index (κ3) is 6.22. The highest BCUT2D eigenvalue weighted by atomic mass is 35.5. The van der Waals surface area contributed by atoms with Crippen LogP contribution in [0.2, 0.25) is 0 Å². The number of rotatable bonds is 11. The van der Waals surface area contributed by atoms with Crippen molar-refractivity contribution in [3.8, 4) is 11.5 Å². The summed E-state index contributed by atoms with van der Waals surface area (Å²) < 4.78 is 25.9. The van der Waals surface area contributed by atoms with Crippen LogP contribution in [-0.2, 0) is 4.57 Å². The molecular formula is C18H24Cl2N3O3P. The van der Waals surface area contributed by atoms with Gasteiger partial charge in [-0.25, -0.2) is 4.67 Å². The minimum absolute atomic E-state index is 0.329. The second-order valence-electron chi connectivity index (χ2n) is 5.59. The Kier molecular flexibility index (Phi) is 8.58. The smallest absolute Gasteiger partial charge is 0.330 e. The van der Waals surface area contributed by atoms with Crippen molar-refractivity contribution in [3.05, 3.63) is 48.5 Å². The fraction of sp³-hybridized carbons (Fsp3) is 0.333. The summed E-state index contributed by atoms with van der Waals surface area (Å²) in [5, 5.41) is 6.24. The third-order valence-electron chi connectivity index (χ3n) is 3.82. The van der Waals surface area contributed by atoms with Gasteiger partial charge in [-0.15, -0.1) is 23.2 Å². The molecule has 0 saturated heterocycles. The zero-order chi connectivity index (χ0) is 19.7. The standard InChI is InChI=1S/C18H24Cl2N3O3P/c1-25-17-7-3-15(4-8-17)21-27(24,23(13-11-19)14-12-20)22-16-5-9-18(26-2)10-6-16/h3-10H,11-14H2,1-2H3,(H2,21,22,24). The van der Waals surface area contributed by atoms with Crippen molar-refractivity contribution in [2.24, 2.45) is 0 Å². The molecule has 2 N–H and O–H groups in total.